The van der Waals surface area contributed by atoms with Crippen LogP contribution in [0.3, 0.4) is 0 Å². The van der Waals surface area contributed by atoms with Crippen LogP contribution in [-0.2, 0) is 19.6 Å². The average Bonchev–Trinajstić information content (AvgIpc) is 2.73. The number of carbonyl (C=O) groups is 2. The van der Waals surface area contributed by atoms with Crippen molar-refractivity contribution in [3.05, 3.63) is 58.6 Å². The predicted octanol–water partition coefficient (Wildman–Crippen LogP) is 3.65. The van der Waals surface area contributed by atoms with E-state index in [4.69, 9.17) is 11.6 Å². The first-order valence-electron chi connectivity index (χ1n) is 10.6. The molecule has 9 heteroatoms. The molecule has 2 aromatic rings. The molecule has 1 atom stereocenters. The maximum Gasteiger partial charge on any atom is 0.313 e. The minimum Gasteiger partial charge on any atom is -0.348 e. The third kappa shape index (κ3) is 6.09. The van der Waals surface area contributed by atoms with Crippen molar-refractivity contribution in [3.63, 3.8) is 0 Å². The van der Waals surface area contributed by atoms with Gasteiger partial charge in [0.1, 0.15) is 0 Å². The summed E-state index contributed by atoms with van der Waals surface area (Å²) in [4.78, 5) is 24.6. The Bertz CT molecular complexity index is 1070. The van der Waals surface area contributed by atoms with E-state index in [1.165, 1.54) is 16.4 Å². The molecule has 0 saturated carbocycles. The van der Waals surface area contributed by atoms with Crippen molar-refractivity contribution in [2.45, 2.75) is 50.5 Å². The summed E-state index contributed by atoms with van der Waals surface area (Å²) in [6.07, 6.45) is 2.83. The number of sulfonamides is 1. The maximum absolute atomic E-state index is 13.1. The third-order valence-electron chi connectivity index (χ3n) is 5.44. The molecule has 2 N–H and O–H groups in total. The zero-order chi connectivity index (χ0) is 23.3. The Hall–Kier alpha value is -2.42. The normalized spacial score (nSPS) is 17.0. The van der Waals surface area contributed by atoms with Gasteiger partial charge in [-0.05, 0) is 80.6 Å². The summed E-state index contributed by atoms with van der Waals surface area (Å²) in [5, 5.41) is 5.68. The van der Waals surface area contributed by atoms with E-state index in [1.54, 1.807) is 24.3 Å². The number of hydrogen-bond donors (Lipinski definition) is 2. The van der Waals surface area contributed by atoms with E-state index in [9.17, 15) is 18.0 Å². The summed E-state index contributed by atoms with van der Waals surface area (Å²) in [7, 11) is -3.66. The lowest BCUT2D eigenvalue weighted by molar-refractivity contribution is -0.136. The highest BCUT2D eigenvalue weighted by atomic mass is 35.5. The number of amides is 2. The standard InChI is InChI=1S/C23H28ClN3O4S/c1-16-13-17(2)15-19(14-16)26-23(29)22(28)25-11-10-20-5-3-4-12-27(20)32(30,31)21-8-6-18(24)7-9-21/h6-9,13-15,20H,3-5,10-12H2,1-2H3,(H,25,28)(H,26,29)/t20-/m1/s1. The smallest absolute Gasteiger partial charge is 0.313 e. The predicted molar refractivity (Wildman–Crippen MR) is 125 cm³/mol. The largest absolute Gasteiger partial charge is 0.348 e. The summed E-state index contributed by atoms with van der Waals surface area (Å²) < 4.78 is 27.7. The van der Waals surface area contributed by atoms with Crippen molar-refractivity contribution < 1.29 is 18.0 Å². The number of carbonyl (C=O) groups excluding carboxylic acids is 2. The van der Waals surface area contributed by atoms with Gasteiger partial charge in [0.05, 0.1) is 4.90 Å². The molecule has 2 aromatic carbocycles. The molecular formula is C23H28ClN3O4S. The molecule has 172 valence electrons. The minimum atomic E-state index is -3.66. The van der Waals surface area contributed by atoms with E-state index in [1.807, 2.05) is 19.9 Å². The second-order valence-corrected chi connectivity index (χ2v) is 10.4. The molecule has 0 bridgehead atoms. The first-order valence-corrected chi connectivity index (χ1v) is 12.4. The molecular weight excluding hydrogens is 450 g/mol. The SMILES string of the molecule is Cc1cc(C)cc(NC(=O)C(=O)NCC[C@H]2CCCCN2S(=O)(=O)c2ccc(Cl)cc2)c1. The number of rotatable bonds is 6. The van der Waals surface area contributed by atoms with Crippen molar-refractivity contribution in [1.29, 1.82) is 0 Å². The fourth-order valence-electron chi connectivity index (χ4n) is 3.99. The fraction of sp³-hybridized carbons (Fsp3) is 0.391. The number of hydrogen-bond acceptors (Lipinski definition) is 4. The van der Waals surface area contributed by atoms with Crippen molar-refractivity contribution in [1.82, 2.24) is 9.62 Å². The number of aryl methyl sites for hydroxylation is 2. The molecule has 1 heterocycles. The molecule has 0 aromatic heterocycles. The average molecular weight is 478 g/mol. The van der Waals surface area contributed by atoms with Gasteiger partial charge >= 0.3 is 11.8 Å². The van der Waals surface area contributed by atoms with Crippen LogP contribution in [0.15, 0.2) is 47.4 Å². The summed E-state index contributed by atoms with van der Waals surface area (Å²) in [6, 6.07) is 11.4. The van der Waals surface area contributed by atoms with Crippen LogP contribution < -0.4 is 10.6 Å². The Balaban J connectivity index is 1.58. The summed E-state index contributed by atoms with van der Waals surface area (Å²) in [5.74, 6) is -1.49. The summed E-state index contributed by atoms with van der Waals surface area (Å²) in [6.45, 7) is 4.46. The number of piperidine rings is 1. The zero-order valence-corrected chi connectivity index (χ0v) is 19.8. The Morgan fingerprint density at radius 1 is 1.03 bits per heavy atom. The van der Waals surface area contributed by atoms with Crippen LogP contribution in [0.4, 0.5) is 5.69 Å². The van der Waals surface area contributed by atoms with Gasteiger partial charge in [0.25, 0.3) is 0 Å². The van der Waals surface area contributed by atoms with Crippen molar-refractivity contribution in [3.8, 4) is 0 Å². The Morgan fingerprint density at radius 3 is 2.34 bits per heavy atom. The fourth-order valence-corrected chi connectivity index (χ4v) is 5.84. The van der Waals surface area contributed by atoms with E-state index in [0.29, 0.717) is 30.1 Å². The van der Waals surface area contributed by atoms with Crippen LogP contribution >= 0.6 is 11.6 Å². The highest BCUT2D eigenvalue weighted by Gasteiger charge is 2.33. The molecule has 0 unspecified atom stereocenters. The molecule has 1 saturated heterocycles. The second kappa shape index (κ2) is 10.5. The van der Waals surface area contributed by atoms with Gasteiger partial charge in [-0.1, -0.05) is 24.1 Å². The number of halogens is 1. The lowest BCUT2D eigenvalue weighted by Crippen LogP contribution is -2.45. The van der Waals surface area contributed by atoms with Gasteiger partial charge in [-0.15, -0.1) is 0 Å². The van der Waals surface area contributed by atoms with Crippen LogP contribution in [0.1, 0.15) is 36.8 Å². The number of nitrogens with zero attached hydrogens (tertiary/aromatic N) is 1. The summed E-state index contributed by atoms with van der Waals surface area (Å²) >= 11 is 5.89. The molecule has 7 nitrogen and oxygen atoms in total. The number of anilines is 1. The van der Waals surface area contributed by atoms with Gasteiger partial charge < -0.3 is 10.6 Å². The molecule has 0 spiro atoms. The molecule has 0 aliphatic carbocycles. The van der Waals surface area contributed by atoms with Gasteiger partial charge in [0, 0.05) is 29.8 Å². The van der Waals surface area contributed by atoms with Gasteiger partial charge in [0.15, 0.2) is 0 Å². The second-order valence-electron chi connectivity index (χ2n) is 8.09. The van der Waals surface area contributed by atoms with E-state index < -0.39 is 21.8 Å². The summed E-state index contributed by atoms with van der Waals surface area (Å²) in [5.41, 5.74) is 2.54. The Morgan fingerprint density at radius 2 is 1.69 bits per heavy atom. The van der Waals surface area contributed by atoms with Crippen molar-refractivity contribution in [2.75, 3.05) is 18.4 Å². The third-order valence-corrected chi connectivity index (χ3v) is 7.66. The highest BCUT2D eigenvalue weighted by molar-refractivity contribution is 7.89. The van der Waals surface area contributed by atoms with Gasteiger partial charge in [-0.2, -0.15) is 4.31 Å². The van der Waals surface area contributed by atoms with Crippen LogP contribution in [0.25, 0.3) is 0 Å². The van der Waals surface area contributed by atoms with Crippen LogP contribution in [0.2, 0.25) is 5.02 Å². The monoisotopic (exact) mass is 477 g/mol. The van der Waals surface area contributed by atoms with Crippen LogP contribution in [0.5, 0.6) is 0 Å². The minimum absolute atomic E-state index is 0.200. The van der Waals surface area contributed by atoms with E-state index >= 15 is 0 Å². The highest BCUT2D eigenvalue weighted by Crippen LogP contribution is 2.27. The molecule has 0 radical (unpaired) electrons. The van der Waals surface area contributed by atoms with Crippen LogP contribution in [-0.4, -0.2) is 43.7 Å². The van der Waals surface area contributed by atoms with Crippen molar-refractivity contribution in [2.24, 2.45) is 0 Å². The molecule has 1 aliphatic rings. The maximum atomic E-state index is 13.1. The van der Waals surface area contributed by atoms with E-state index in [-0.39, 0.29) is 17.5 Å². The molecule has 1 fully saturated rings. The Kier molecular flexibility index (Phi) is 7.92. The van der Waals surface area contributed by atoms with E-state index in [2.05, 4.69) is 10.6 Å². The topological polar surface area (TPSA) is 95.6 Å². The van der Waals surface area contributed by atoms with Crippen LogP contribution in [0, 0.1) is 13.8 Å². The Labute approximate surface area is 194 Å². The van der Waals surface area contributed by atoms with Gasteiger partial charge in [-0.25, -0.2) is 8.42 Å². The van der Waals surface area contributed by atoms with Crippen molar-refractivity contribution >= 4 is 39.1 Å². The van der Waals surface area contributed by atoms with Gasteiger partial charge in [0.2, 0.25) is 10.0 Å². The first kappa shape index (κ1) is 24.2. The first-order chi connectivity index (χ1) is 15.2. The lowest BCUT2D eigenvalue weighted by atomic mass is 10.0. The molecule has 2 amide bonds. The molecule has 32 heavy (non-hydrogen) atoms. The molecule has 3 rings (SSSR count). The molecule has 1 aliphatic heterocycles. The quantitative estimate of drug-likeness (QED) is 0.621. The van der Waals surface area contributed by atoms with Gasteiger partial charge in [-0.3, -0.25) is 9.59 Å². The number of nitrogens with one attached hydrogen (secondary N) is 2. The lowest BCUT2D eigenvalue weighted by Gasteiger charge is -2.34. The number of benzene rings is 2. The zero-order valence-electron chi connectivity index (χ0n) is 18.2. The van der Waals surface area contributed by atoms with E-state index in [0.717, 1.165) is 24.0 Å².